The van der Waals surface area contributed by atoms with Crippen LogP contribution in [0.5, 0.6) is 5.75 Å². The zero-order chi connectivity index (χ0) is 17.6. The van der Waals surface area contributed by atoms with Gasteiger partial charge in [0.15, 0.2) is 0 Å². The number of aryl methyl sites for hydroxylation is 1. The highest BCUT2D eigenvalue weighted by atomic mass is 16.6. The van der Waals surface area contributed by atoms with Crippen molar-refractivity contribution < 1.29 is 19.4 Å². The van der Waals surface area contributed by atoms with Gasteiger partial charge in [-0.25, -0.2) is 4.79 Å². The van der Waals surface area contributed by atoms with Crippen LogP contribution in [0, 0.1) is 17.3 Å². The lowest BCUT2D eigenvalue weighted by atomic mass is 9.55. The second-order valence-corrected chi connectivity index (χ2v) is 8.33. The van der Waals surface area contributed by atoms with E-state index in [9.17, 15) is 9.90 Å². The Balaban J connectivity index is 1.56. The van der Waals surface area contributed by atoms with Crippen molar-refractivity contribution >= 4 is 5.97 Å². The summed E-state index contributed by atoms with van der Waals surface area (Å²) in [6.07, 6.45) is 6.63. The molecule has 136 valence electrons. The van der Waals surface area contributed by atoms with Gasteiger partial charge in [-0.3, -0.25) is 0 Å². The number of rotatable bonds is 3. The Morgan fingerprint density at radius 2 is 2.12 bits per heavy atom. The molecule has 0 bridgehead atoms. The molecule has 0 aliphatic heterocycles. The van der Waals surface area contributed by atoms with Crippen LogP contribution in [0.3, 0.4) is 0 Å². The number of methoxy groups -OCH3 is 1. The SMILES string of the molecule is COCC(=O)OC1CCC2C3CCc4cc(O)ccc4C3CCC12C. The third-order valence-electron chi connectivity index (χ3n) is 7.16. The Bertz CT molecular complexity index is 670. The molecular formula is C21H28O4. The highest BCUT2D eigenvalue weighted by Crippen LogP contribution is 2.61. The summed E-state index contributed by atoms with van der Waals surface area (Å²) in [5.41, 5.74) is 2.86. The number of hydrogen-bond acceptors (Lipinski definition) is 4. The van der Waals surface area contributed by atoms with Crippen LogP contribution in [0.4, 0.5) is 0 Å². The molecule has 5 atom stereocenters. The second kappa shape index (κ2) is 6.31. The van der Waals surface area contributed by atoms with Crippen molar-refractivity contribution in [2.45, 2.75) is 57.5 Å². The molecule has 3 aliphatic carbocycles. The van der Waals surface area contributed by atoms with Gasteiger partial charge >= 0.3 is 5.97 Å². The van der Waals surface area contributed by atoms with E-state index in [1.165, 1.54) is 24.7 Å². The average Bonchev–Trinajstić information content (AvgIpc) is 2.91. The van der Waals surface area contributed by atoms with E-state index in [1.54, 1.807) is 0 Å². The maximum absolute atomic E-state index is 11.9. The largest absolute Gasteiger partial charge is 0.508 e. The number of phenols is 1. The predicted octanol–water partition coefficient (Wildman–Crippen LogP) is 3.81. The first-order chi connectivity index (χ1) is 12.0. The van der Waals surface area contributed by atoms with Crippen molar-refractivity contribution in [1.29, 1.82) is 0 Å². The van der Waals surface area contributed by atoms with Crippen LogP contribution in [0.15, 0.2) is 18.2 Å². The van der Waals surface area contributed by atoms with E-state index in [0.29, 0.717) is 23.5 Å². The van der Waals surface area contributed by atoms with Crippen LogP contribution >= 0.6 is 0 Å². The van der Waals surface area contributed by atoms with Gasteiger partial charge in [-0.2, -0.15) is 0 Å². The van der Waals surface area contributed by atoms with Gasteiger partial charge in [0.1, 0.15) is 18.5 Å². The van der Waals surface area contributed by atoms with Crippen molar-refractivity contribution in [1.82, 2.24) is 0 Å². The molecular weight excluding hydrogens is 316 g/mol. The summed E-state index contributed by atoms with van der Waals surface area (Å²) < 4.78 is 10.7. The molecule has 25 heavy (non-hydrogen) atoms. The van der Waals surface area contributed by atoms with Crippen molar-refractivity contribution in [3.63, 3.8) is 0 Å². The van der Waals surface area contributed by atoms with Gasteiger partial charge in [0.25, 0.3) is 0 Å². The van der Waals surface area contributed by atoms with Crippen molar-refractivity contribution in [2.75, 3.05) is 13.7 Å². The Kier molecular flexibility index (Phi) is 4.27. The number of fused-ring (bicyclic) bond motifs is 5. The Morgan fingerprint density at radius 3 is 2.92 bits per heavy atom. The molecule has 5 unspecified atom stereocenters. The smallest absolute Gasteiger partial charge is 0.332 e. The summed E-state index contributed by atoms with van der Waals surface area (Å²) in [5, 5.41) is 9.78. The molecule has 1 aromatic carbocycles. The molecule has 2 saturated carbocycles. The molecule has 2 fully saturated rings. The van der Waals surface area contributed by atoms with Gasteiger partial charge in [-0.1, -0.05) is 13.0 Å². The van der Waals surface area contributed by atoms with Gasteiger partial charge in [-0.05, 0) is 79.5 Å². The Labute approximate surface area is 149 Å². The average molecular weight is 344 g/mol. The molecule has 4 rings (SSSR count). The van der Waals surface area contributed by atoms with Gasteiger partial charge in [0, 0.05) is 12.5 Å². The number of esters is 1. The summed E-state index contributed by atoms with van der Waals surface area (Å²) >= 11 is 0. The maximum atomic E-state index is 11.9. The molecule has 0 heterocycles. The van der Waals surface area contributed by atoms with E-state index < -0.39 is 0 Å². The number of carbonyl (C=O) groups is 1. The van der Waals surface area contributed by atoms with Crippen LogP contribution in [-0.4, -0.2) is 30.9 Å². The van der Waals surface area contributed by atoms with Crippen LogP contribution in [-0.2, 0) is 20.7 Å². The van der Waals surface area contributed by atoms with Gasteiger partial charge in [0.05, 0.1) is 0 Å². The van der Waals surface area contributed by atoms with E-state index in [1.807, 2.05) is 12.1 Å². The molecule has 4 nitrogen and oxygen atoms in total. The van der Waals surface area contributed by atoms with Gasteiger partial charge in [0.2, 0.25) is 0 Å². The highest BCUT2D eigenvalue weighted by molar-refractivity contribution is 5.71. The summed E-state index contributed by atoms with van der Waals surface area (Å²) in [6, 6.07) is 5.91. The molecule has 0 saturated heterocycles. The molecule has 0 radical (unpaired) electrons. The first kappa shape index (κ1) is 16.9. The number of aromatic hydroxyl groups is 1. The summed E-state index contributed by atoms with van der Waals surface area (Å²) in [5.74, 6) is 2.02. The monoisotopic (exact) mass is 344 g/mol. The fraction of sp³-hybridized carbons (Fsp3) is 0.667. The molecule has 0 aromatic heterocycles. The zero-order valence-electron chi connectivity index (χ0n) is 15.2. The number of phenolic OH excluding ortho intramolecular Hbond substituents is 1. The van der Waals surface area contributed by atoms with Crippen LogP contribution in [0.1, 0.15) is 56.1 Å². The maximum Gasteiger partial charge on any atom is 0.332 e. The predicted molar refractivity (Wildman–Crippen MR) is 94.5 cm³/mol. The minimum Gasteiger partial charge on any atom is -0.508 e. The minimum atomic E-state index is -0.235. The fourth-order valence-corrected chi connectivity index (χ4v) is 6.02. The van der Waals surface area contributed by atoms with Gasteiger partial charge < -0.3 is 14.6 Å². The van der Waals surface area contributed by atoms with Crippen molar-refractivity contribution in [3.8, 4) is 5.75 Å². The molecule has 0 amide bonds. The standard InChI is InChI=1S/C21H28O4/c1-21-10-9-16-15-6-4-14(22)11-13(15)3-5-17(16)18(21)7-8-19(21)25-20(23)12-24-2/h4,6,11,16-19,22H,3,5,7-10,12H2,1-2H3. The van der Waals surface area contributed by atoms with Crippen molar-refractivity contribution in [2.24, 2.45) is 17.3 Å². The summed E-state index contributed by atoms with van der Waals surface area (Å²) in [6.45, 7) is 2.37. The van der Waals surface area contributed by atoms with Crippen molar-refractivity contribution in [3.05, 3.63) is 29.3 Å². The second-order valence-electron chi connectivity index (χ2n) is 8.33. The lowest BCUT2D eigenvalue weighted by Crippen LogP contribution is -2.45. The van der Waals surface area contributed by atoms with E-state index in [2.05, 4.69) is 13.0 Å². The van der Waals surface area contributed by atoms with Crippen LogP contribution in [0.25, 0.3) is 0 Å². The summed E-state index contributed by atoms with van der Waals surface area (Å²) in [4.78, 5) is 11.9. The third kappa shape index (κ3) is 2.75. The lowest BCUT2D eigenvalue weighted by molar-refractivity contribution is -0.161. The quantitative estimate of drug-likeness (QED) is 0.847. The number of ether oxygens (including phenoxy) is 2. The Hall–Kier alpha value is -1.55. The first-order valence-corrected chi connectivity index (χ1v) is 9.53. The molecule has 1 aromatic rings. The number of carbonyl (C=O) groups excluding carboxylic acids is 1. The number of benzene rings is 1. The zero-order valence-corrected chi connectivity index (χ0v) is 15.2. The molecule has 3 aliphatic rings. The number of hydrogen-bond donors (Lipinski definition) is 1. The normalized spacial score (nSPS) is 36.2. The lowest BCUT2D eigenvalue weighted by Gasteiger charge is -2.50. The fourth-order valence-electron chi connectivity index (χ4n) is 6.02. The molecule has 4 heteroatoms. The van der Waals surface area contributed by atoms with Gasteiger partial charge in [-0.15, -0.1) is 0 Å². The highest BCUT2D eigenvalue weighted by Gasteiger charge is 2.56. The van der Waals surface area contributed by atoms with E-state index in [-0.39, 0.29) is 24.1 Å². The van der Waals surface area contributed by atoms with Crippen LogP contribution < -0.4 is 0 Å². The van der Waals surface area contributed by atoms with E-state index in [4.69, 9.17) is 9.47 Å². The van der Waals surface area contributed by atoms with Crippen LogP contribution in [0.2, 0.25) is 0 Å². The van der Waals surface area contributed by atoms with E-state index >= 15 is 0 Å². The first-order valence-electron chi connectivity index (χ1n) is 9.53. The van der Waals surface area contributed by atoms with E-state index in [0.717, 1.165) is 32.1 Å². The third-order valence-corrected chi connectivity index (χ3v) is 7.16. The topological polar surface area (TPSA) is 55.8 Å². The Morgan fingerprint density at radius 1 is 1.28 bits per heavy atom. The molecule has 0 spiro atoms. The summed E-state index contributed by atoms with van der Waals surface area (Å²) in [7, 11) is 1.53. The minimum absolute atomic E-state index is 0.0299. The molecule has 1 N–H and O–H groups in total.